The molecule has 1 N–H and O–H groups in total. The summed E-state index contributed by atoms with van der Waals surface area (Å²) in [6.45, 7) is 2.45. The number of nitrogens with zero attached hydrogens (tertiary/aromatic N) is 1. The Labute approximate surface area is 144 Å². The zero-order valence-corrected chi connectivity index (χ0v) is 14.1. The van der Waals surface area contributed by atoms with Crippen molar-refractivity contribution in [2.24, 2.45) is 0 Å². The molecule has 3 aromatic rings. The lowest BCUT2D eigenvalue weighted by atomic mass is 10.2. The number of amides is 1. The third-order valence-corrected chi connectivity index (χ3v) is 4.54. The zero-order chi connectivity index (χ0) is 16.2. The van der Waals surface area contributed by atoms with E-state index in [9.17, 15) is 4.79 Å². The number of benzene rings is 2. The summed E-state index contributed by atoms with van der Waals surface area (Å²) < 4.78 is 0. The SMILES string of the molecule is Cc1ccc(-c2nc(CNC(=O)c3cccc(Cl)c3)cs2)cc1. The Kier molecular flexibility index (Phi) is 4.74. The van der Waals surface area contributed by atoms with Crippen molar-refractivity contribution in [1.82, 2.24) is 10.3 Å². The molecular formula is C18H15ClN2OS. The fraction of sp³-hybridized carbons (Fsp3) is 0.111. The normalized spacial score (nSPS) is 10.5. The Morgan fingerprint density at radius 3 is 2.74 bits per heavy atom. The van der Waals surface area contributed by atoms with Crippen LogP contribution in [-0.2, 0) is 6.54 Å². The maximum atomic E-state index is 12.1. The number of carbonyl (C=O) groups excluding carboxylic acids is 1. The molecule has 0 saturated heterocycles. The second-order valence-corrected chi connectivity index (χ2v) is 6.50. The van der Waals surface area contributed by atoms with E-state index in [1.807, 2.05) is 5.38 Å². The molecule has 1 amide bonds. The van der Waals surface area contributed by atoms with Gasteiger partial charge in [0, 0.05) is 21.5 Å². The van der Waals surface area contributed by atoms with Crippen LogP contribution in [0.1, 0.15) is 21.6 Å². The van der Waals surface area contributed by atoms with Crippen molar-refractivity contribution in [3.8, 4) is 10.6 Å². The van der Waals surface area contributed by atoms with E-state index in [-0.39, 0.29) is 5.91 Å². The molecule has 0 radical (unpaired) electrons. The van der Waals surface area contributed by atoms with Gasteiger partial charge >= 0.3 is 0 Å². The van der Waals surface area contributed by atoms with Gasteiger partial charge in [0.15, 0.2) is 0 Å². The molecule has 0 atom stereocenters. The van der Waals surface area contributed by atoms with E-state index in [2.05, 4.69) is 41.5 Å². The van der Waals surface area contributed by atoms with Gasteiger partial charge in [-0.1, -0.05) is 47.5 Å². The van der Waals surface area contributed by atoms with Gasteiger partial charge in [-0.15, -0.1) is 11.3 Å². The van der Waals surface area contributed by atoms with Gasteiger partial charge in [-0.25, -0.2) is 4.98 Å². The highest BCUT2D eigenvalue weighted by atomic mass is 35.5. The van der Waals surface area contributed by atoms with Crippen molar-refractivity contribution >= 4 is 28.8 Å². The van der Waals surface area contributed by atoms with E-state index in [1.165, 1.54) is 5.56 Å². The van der Waals surface area contributed by atoms with Crippen LogP contribution in [-0.4, -0.2) is 10.9 Å². The van der Waals surface area contributed by atoms with Crippen molar-refractivity contribution < 1.29 is 4.79 Å². The van der Waals surface area contributed by atoms with Gasteiger partial charge in [0.2, 0.25) is 0 Å². The maximum absolute atomic E-state index is 12.1. The molecule has 3 rings (SSSR count). The minimum absolute atomic E-state index is 0.155. The Balaban J connectivity index is 1.65. The standard InChI is InChI=1S/C18H15ClN2OS/c1-12-5-7-13(8-6-12)18-21-16(11-23-18)10-20-17(22)14-3-2-4-15(19)9-14/h2-9,11H,10H2,1H3,(H,20,22). The lowest BCUT2D eigenvalue weighted by molar-refractivity contribution is 0.0950. The maximum Gasteiger partial charge on any atom is 0.251 e. The van der Waals surface area contributed by atoms with Gasteiger partial charge in [-0.2, -0.15) is 0 Å². The van der Waals surface area contributed by atoms with Gasteiger partial charge in [-0.05, 0) is 25.1 Å². The average molecular weight is 343 g/mol. The van der Waals surface area contributed by atoms with Crippen LogP contribution < -0.4 is 5.32 Å². The van der Waals surface area contributed by atoms with Crippen molar-refractivity contribution in [2.45, 2.75) is 13.5 Å². The highest BCUT2D eigenvalue weighted by Crippen LogP contribution is 2.24. The predicted molar refractivity (Wildman–Crippen MR) is 94.9 cm³/mol. The molecule has 0 unspecified atom stereocenters. The summed E-state index contributed by atoms with van der Waals surface area (Å²) in [5.74, 6) is -0.155. The Morgan fingerprint density at radius 2 is 2.00 bits per heavy atom. The zero-order valence-electron chi connectivity index (χ0n) is 12.5. The van der Waals surface area contributed by atoms with Crippen LogP contribution in [0.3, 0.4) is 0 Å². The molecule has 23 heavy (non-hydrogen) atoms. The first-order chi connectivity index (χ1) is 11.1. The van der Waals surface area contributed by atoms with E-state index in [0.717, 1.165) is 16.3 Å². The molecule has 0 fully saturated rings. The molecule has 2 aromatic carbocycles. The van der Waals surface area contributed by atoms with Gasteiger partial charge < -0.3 is 5.32 Å². The molecule has 0 saturated carbocycles. The quantitative estimate of drug-likeness (QED) is 0.746. The fourth-order valence-corrected chi connectivity index (χ4v) is 3.14. The Hall–Kier alpha value is -2.17. The summed E-state index contributed by atoms with van der Waals surface area (Å²) in [5.41, 5.74) is 3.71. The number of hydrogen-bond donors (Lipinski definition) is 1. The molecule has 116 valence electrons. The third kappa shape index (κ3) is 3.97. The molecule has 1 aromatic heterocycles. The summed E-state index contributed by atoms with van der Waals surface area (Å²) in [5, 5.41) is 6.33. The van der Waals surface area contributed by atoms with Crippen LogP contribution in [0.2, 0.25) is 5.02 Å². The third-order valence-electron chi connectivity index (χ3n) is 3.37. The molecule has 0 spiro atoms. The number of thiazole rings is 1. The lowest BCUT2D eigenvalue weighted by Crippen LogP contribution is -2.22. The average Bonchev–Trinajstić information content (AvgIpc) is 3.02. The molecule has 0 bridgehead atoms. The van der Waals surface area contributed by atoms with Gasteiger partial charge in [0.1, 0.15) is 5.01 Å². The smallest absolute Gasteiger partial charge is 0.251 e. The summed E-state index contributed by atoms with van der Waals surface area (Å²) in [4.78, 5) is 16.7. The molecule has 5 heteroatoms. The number of carbonyl (C=O) groups is 1. The minimum Gasteiger partial charge on any atom is -0.346 e. The molecule has 1 heterocycles. The number of rotatable bonds is 4. The lowest BCUT2D eigenvalue weighted by Gasteiger charge is -2.03. The summed E-state index contributed by atoms with van der Waals surface area (Å²) >= 11 is 7.47. The van der Waals surface area contributed by atoms with Gasteiger partial charge in [-0.3, -0.25) is 4.79 Å². The second-order valence-electron chi connectivity index (χ2n) is 5.20. The van der Waals surface area contributed by atoms with Crippen LogP contribution in [0.4, 0.5) is 0 Å². The Morgan fingerprint density at radius 1 is 1.22 bits per heavy atom. The highest BCUT2D eigenvalue weighted by Gasteiger charge is 2.08. The van der Waals surface area contributed by atoms with Crippen LogP contribution in [0.15, 0.2) is 53.9 Å². The highest BCUT2D eigenvalue weighted by molar-refractivity contribution is 7.13. The minimum atomic E-state index is -0.155. The first kappa shape index (κ1) is 15.7. The number of hydrogen-bond acceptors (Lipinski definition) is 3. The monoisotopic (exact) mass is 342 g/mol. The van der Waals surface area contributed by atoms with Crippen molar-refractivity contribution in [2.75, 3.05) is 0 Å². The predicted octanol–water partition coefficient (Wildman–Crippen LogP) is 4.70. The topological polar surface area (TPSA) is 42.0 Å². The van der Waals surface area contributed by atoms with E-state index < -0.39 is 0 Å². The molecule has 3 nitrogen and oxygen atoms in total. The van der Waals surface area contributed by atoms with Crippen LogP contribution in [0.5, 0.6) is 0 Å². The number of nitrogens with one attached hydrogen (secondary N) is 1. The van der Waals surface area contributed by atoms with Crippen molar-refractivity contribution in [1.29, 1.82) is 0 Å². The van der Waals surface area contributed by atoms with Crippen molar-refractivity contribution in [3.05, 3.63) is 75.8 Å². The number of aromatic nitrogens is 1. The molecule has 0 aliphatic rings. The summed E-state index contributed by atoms with van der Waals surface area (Å²) in [6.07, 6.45) is 0. The first-order valence-electron chi connectivity index (χ1n) is 7.17. The van der Waals surface area contributed by atoms with Gasteiger partial charge in [0.25, 0.3) is 5.91 Å². The molecular weight excluding hydrogens is 328 g/mol. The largest absolute Gasteiger partial charge is 0.346 e. The van der Waals surface area contributed by atoms with E-state index >= 15 is 0 Å². The number of halogens is 1. The summed E-state index contributed by atoms with van der Waals surface area (Å²) in [7, 11) is 0. The van der Waals surface area contributed by atoms with Crippen molar-refractivity contribution in [3.63, 3.8) is 0 Å². The first-order valence-corrected chi connectivity index (χ1v) is 8.43. The second kappa shape index (κ2) is 6.94. The van der Waals surface area contributed by atoms with Gasteiger partial charge in [0.05, 0.1) is 12.2 Å². The number of aryl methyl sites for hydroxylation is 1. The Bertz CT molecular complexity index is 827. The van der Waals surface area contributed by atoms with E-state index in [4.69, 9.17) is 11.6 Å². The van der Waals surface area contributed by atoms with E-state index in [0.29, 0.717) is 17.1 Å². The van der Waals surface area contributed by atoms with Crippen LogP contribution in [0, 0.1) is 6.92 Å². The van der Waals surface area contributed by atoms with Crippen LogP contribution >= 0.6 is 22.9 Å². The fourth-order valence-electron chi connectivity index (χ4n) is 2.12. The van der Waals surface area contributed by atoms with Crippen LogP contribution in [0.25, 0.3) is 10.6 Å². The van der Waals surface area contributed by atoms with E-state index in [1.54, 1.807) is 35.6 Å². The summed E-state index contributed by atoms with van der Waals surface area (Å²) in [6, 6.07) is 15.1. The molecule has 0 aliphatic heterocycles. The molecule has 0 aliphatic carbocycles.